The molecule has 0 radical (unpaired) electrons. The van der Waals surface area contributed by atoms with Crippen molar-refractivity contribution in [3.8, 4) is 0 Å². The van der Waals surface area contributed by atoms with Crippen molar-refractivity contribution in [3.63, 3.8) is 0 Å². The van der Waals surface area contributed by atoms with Gasteiger partial charge in [0.25, 0.3) is 5.91 Å². The summed E-state index contributed by atoms with van der Waals surface area (Å²) in [5.41, 5.74) is 0.638. The first-order chi connectivity index (χ1) is 6.77. The number of nitrogens with one attached hydrogen (secondary N) is 1. The minimum Gasteiger partial charge on any atom is -0.472 e. The molecule has 1 fully saturated rings. The first-order valence-electron chi connectivity index (χ1n) is 4.82. The van der Waals surface area contributed by atoms with E-state index in [1.807, 2.05) is 4.90 Å². The van der Waals surface area contributed by atoms with Gasteiger partial charge in [-0.2, -0.15) is 0 Å². The molecule has 76 valence electrons. The van der Waals surface area contributed by atoms with Gasteiger partial charge in [-0.25, -0.2) is 0 Å². The van der Waals surface area contributed by atoms with Crippen LogP contribution in [0.3, 0.4) is 0 Å². The molecule has 0 spiro atoms. The van der Waals surface area contributed by atoms with E-state index in [-0.39, 0.29) is 5.91 Å². The maximum atomic E-state index is 11.8. The number of hydrogen-bond acceptors (Lipinski definition) is 3. The zero-order valence-electron chi connectivity index (χ0n) is 8.19. The number of carbonyl (C=O) groups excluding carboxylic acids is 1. The lowest BCUT2D eigenvalue weighted by Crippen LogP contribution is -2.51. The maximum absolute atomic E-state index is 11.8. The van der Waals surface area contributed by atoms with Crippen LogP contribution in [0.5, 0.6) is 0 Å². The molecule has 1 aromatic heterocycles. The van der Waals surface area contributed by atoms with Crippen LogP contribution in [0, 0.1) is 0 Å². The van der Waals surface area contributed by atoms with Gasteiger partial charge in [0.15, 0.2) is 0 Å². The third-order valence-electron chi connectivity index (χ3n) is 2.42. The van der Waals surface area contributed by atoms with Gasteiger partial charge in [-0.05, 0) is 13.0 Å². The molecule has 1 saturated heterocycles. The van der Waals surface area contributed by atoms with E-state index in [1.165, 1.54) is 12.5 Å². The molecule has 4 nitrogen and oxygen atoms in total. The fraction of sp³-hybridized carbons (Fsp3) is 0.500. The van der Waals surface area contributed by atoms with Gasteiger partial charge in [0.1, 0.15) is 6.26 Å². The molecule has 1 aromatic rings. The van der Waals surface area contributed by atoms with E-state index in [1.54, 1.807) is 6.07 Å². The van der Waals surface area contributed by atoms with E-state index in [0.717, 1.165) is 19.6 Å². The van der Waals surface area contributed by atoms with Gasteiger partial charge in [-0.15, -0.1) is 0 Å². The second-order valence-electron chi connectivity index (χ2n) is 3.62. The van der Waals surface area contributed by atoms with Gasteiger partial charge in [-0.1, -0.05) is 0 Å². The first kappa shape index (κ1) is 9.27. The minimum atomic E-state index is 0.0621. The van der Waals surface area contributed by atoms with Gasteiger partial charge in [0.2, 0.25) is 0 Å². The Morgan fingerprint density at radius 3 is 3.21 bits per heavy atom. The van der Waals surface area contributed by atoms with E-state index in [4.69, 9.17) is 4.42 Å². The Labute approximate surface area is 82.9 Å². The highest BCUT2D eigenvalue weighted by atomic mass is 16.3. The summed E-state index contributed by atoms with van der Waals surface area (Å²) in [6.07, 6.45) is 3.02. The molecule has 0 aliphatic carbocycles. The van der Waals surface area contributed by atoms with Crippen LogP contribution in [0.1, 0.15) is 17.3 Å². The summed E-state index contributed by atoms with van der Waals surface area (Å²) in [4.78, 5) is 13.7. The van der Waals surface area contributed by atoms with Crippen LogP contribution >= 0.6 is 0 Å². The molecule has 1 amide bonds. The largest absolute Gasteiger partial charge is 0.472 e. The number of amides is 1. The standard InChI is InChI=1S/C10H14N2O2/c1-8-6-12(4-3-11-8)10(13)9-2-5-14-7-9/h2,5,7-8,11H,3-4,6H2,1H3. The van der Waals surface area contributed by atoms with E-state index < -0.39 is 0 Å². The van der Waals surface area contributed by atoms with Crippen LogP contribution in [-0.4, -0.2) is 36.5 Å². The Bertz CT molecular complexity index is 308. The van der Waals surface area contributed by atoms with Crippen molar-refractivity contribution in [2.75, 3.05) is 19.6 Å². The van der Waals surface area contributed by atoms with Crippen LogP contribution in [0.4, 0.5) is 0 Å². The molecular weight excluding hydrogens is 180 g/mol. The highest BCUT2D eigenvalue weighted by Gasteiger charge is 2.21. The van der Waals surface area contributed by atoms with E-state index in [0.29, 0.717) is 11.6 Å². The van der Waals surface area contributed by atoms with Crippen molar-refractivity contribution in [2.24, 2.45) is 0 Å². The highest BCUT2D eigenvalue weighted by molar-refractivity contribution is 5.93. The topological polar surface area (TPSA) is 45.5 Å². The van der Waals surface area contributed by atoms with Crippen molar-refractivity contribution in [1.29, 1.82) is 0 Å². The third kappa shape index (κ3) is 1.80. The predicted octanol–water partition coefficient (Wildman–Crippen LogP) is 0.714. The normalized spacial score (nSPS) is 22.4. The lowest BCUT2D eigenvalue weighted by molar-refractivity contribution is 0.0708. The van der Waals surface area contributed by atoms with Crippen LogP contribution < -0.4 is 5.32 Å². The zero-order valence-corrected chi connectivity index (χ0v) is 8.19. The fourth-order valence-electron chi connectivity index (χ4n) is 1.69. The summed E-state index contributed by atoms with van der Waals surface area (Å²) in [6, 6.07) is 2.08. The smallest absolute Gasteiger partial charge is 0.257 e. The number of furan rings is 1. The maximum Gasteiger partial charge on any atom is 0.257 e. The summed E-state index contributed by atoms with van der Waals surface area (Å²) in [7, 11) is 0. The summed E-state index contributed by atoms with van der Waals surface area (Å²) >= 11 is 0. The molecule has 2 rings (SSSR count). The Balaban J connectivity index is 2.04. The molecule has 1 unspecified atom stereocenters. The number of piperazine rings is 1. The number of carbonyl (C=O) groups is 1. The van der Waals surface area contributed by atoms with E-state index >= 15 is 0 Å². The quantitative estimate of drug-likeness (QED) is 0.716. The highest BCUT2D eigenvalue weighted by Crippen LogP contribution is 2.07. The fourth-order valence-corrected chi connectivity index (χ4v) is 1.69. The summed E-state index contributed by atoms with van der Waals surface area (Å²) in [5, 5.41) is 3.29. The minimum absolute atomic E-state index is 0.0621. The van der Waals surface area contributed by atoms with Crippen molar-refractivity contribution >= 4 is 5.91 Å². The molecule has 2 heterocycles. The average molecular weight is 194 g/mol. The van der Waals surface area contributed by atoms with Gasteiger partial charge < -0.3 is 14.6 Å². The molecule has 14 heavy (non-hydrogen) atoms. The monoisotopic (exact) mass is 194 g/mol. The molecular formula is C10H14N2O2. The van der Waals surface area contributed by atoms with Gasteiger partial charge in [0.05, 0.1) is 11.8 Å². The predicted molar refractivity (Wildman–Crippen MR) is 52.1 cm³/mol. The summed E-state index contributed by atoms with van der Waals surface area (Å²) in [5.74, 6) is 0.0621. The Kier molecular flexibility index (Phi) is 2.54. The van der Waals surface area contributed by atoms with Crippen molar-refractivity contribution < 1.29 is 9.21 Å². The molecule has 1 aliphatic rings. The summed E-state index contributed by atoms with van der Waals surface area (Å²) in [6.45, 7) is 4.48. The van der Waals surface area contributed by atoms with Crippen LogP contribution in [0.15, 0.2) is 23.0 Å². The molecule has 1 aliphatic heterocycles. The number of hydrogen-bond donors (Lipinski definition) is 1. The lowest BCUT2D eigenvalue weighted by Gasteiger charge is -2.31. The van der Waals surface area contributed by atoms with E-state index in [9.17, 15) is 4.79 Å². The Morgan fingerprint density at radius 2 is 2.57 bits per heavy atom. The Morgan fingerprint density at radius 1 is 1.71 bits per heavy atom. The van der Waals surface area contributed by atoms with Crippen molar-refractivity contribution in [2.45, 2.75) is 13.0 Å². The molecule has 1 N–H and O–H groups in total. The number of rotatable bonds is 1. The average Bonchev–Trinajstić information content (AvgIpc) is 2.69. The second-order valence-corrected chi connectivity index (χ2v) is 3.62. The third-order valence-corrected chi connectivity index (χ3v) is 2.42. The van der Waals surface area contributed by atoms with Crippen molar-refractivity contribution in [3.05, 3.63) is 24.2 Å². The molecule has 0 aromatic carbocycles. The SMILES string of the molecule is CC1CN(C(=O)c2ccoc2)CCN1. The van der Waals surface area contributed by atoms with Crippen LogP contribution in [-0.2, 0) is 0 Å². The molecule has 1 atom stereocenters. The van der Waals surface area contributed by atoms with Gasteiger partial charge >= 0.3 is 0 Å². The van der Waals surface area contributed by atoms with Gasteiger partial charge in [0, 0.05) is 25.7 Å². The lowest BCUT2D eigenvalue weighted by atomic mass is 10.2. The molecule has 0 saturated carbocycles. The van der Waals surface area contributed by atoms with Crippen molar-refractivity contribution in [1.82, 2.24) is 10.2 Å². The van der Waals surface area contributed by atoms with Crippen LogP contribution in [0.2, 0.25) is 0 Å². The number of nitrogens with zero attached hydrogens (tertiary/aromatic N) is 1. The molecule has 4 heteroatoms. The molecule has 0 bridgehead atoms. The first-order valence-corrected chi connectivity index (χ1v) is 4.82. The van der Waals surface area contributed by atoms with E-state index in [2.05, 4.69) is 12.2 Å². The second kappa shape index (κ2) is 3.84. The Hall–Kier alpha value is -1.29. The zero-order chi connectivity index (χ0) is 9.97. The van der Waals surface area contributed by atoms with Crippen LogP contribution in [0.25, 0.3) is 0 Å². The van der Waals surface area contributed by atoms with Gasteiger partial charge in [-0.3, -0.25) is 4.79 Å². The summed E-state index contributed by atoms with van der Waals surface area (Å²) < 4.78 is 4.89.